The van der Waals surface area contributed by atoms with E-state index < -0.39 is 5.91 Å². The van der Waals surface area contributed by atoms with E-state index in [-0.39, 0.29) is 12.5 Å². The number of hydrogen-bond donors (Lipinski definition) is 2. The van der Waals surface area contributed by atoms with Crippen molar-refractivity contribution in [2.75, 3.05) is 19.0 Å². The number of methoxy groups -OCH3 is 1. The van der Waals surface area contributed by atoms with Crippen LogP contribution >= 0.6 is 11.3 Å². The fourth-order valence-electron chi connectivity index (χ4n) is 2.31. The molecule has 1 aromatic heterocycles. The Kier molecular flexibility index (Phi) is 5.68. The van der Waals surface area contributed by atoms with Crippen LogP contribution in [0.15, 0.2) is 53.9 Å². The van der Waals surface area contributed by atoms with Crippen LogP contribution in [0.4, 0.5) is 5.69 Å². The maximum atomic E-state index is 12.4. The SMILES string of the molecule is COc1ccccc1-c1nc(C(=O)Nc2ccc(OCC(N)=O)cc2)cs1. The highest BCUT2D eigenvalue weighted by Crippen LogP contribution is 2.32. The molecule has 27 heavy (non-hydrogen) atoms. The van der Waals surface area contributed by atoms with Crippen LogP contribution < -0.4 is 20.5 Å². The fourth-order valence-corrected chi connectivity index (χ4v) is 3.14. The van der Waals surface area contributed by atoms with Gasteiger partial charge in [-0.3, -0.25) is 9.59 Å². The summed E-state index contributed by atoms with van der Waals surface area (Å²) in [5, 5.41) is 5.17. The number of nitrogens with one attached hydrogen (secondary N) is 1. The summed E-state index contributed by atoms with van der Waals surface area (Å²) in [5.74, 6) is 0.309. The molecule has 1 heterocycles. The van der Waals surface area contributed by atoms with E-state index in [0.29, 0.717) is 27.9 Å². The van der Waals surface area contributed by atoms with Gasteiger partial charge < -0.3 is 20.5 Å². The van der Waals surface area contributed by atoms with Crippen molar-refractivity contribution >= 4 is 28.8 Å². The summed E-state index contributed by atoms with van der Waals surface area (Å²) in [4.78, 5) is 27.5. The molecule has 3 aromatic rings. The van der Waals surface area contributed by atoms with Crippen LogP contribution in [-0.4, -0.2) is 30.5 Å². The molecule has 3 rings (SSSR count). The van der Waals surface area contributed by atoms with Crippen molar-refractivity contribution in [3.63, 3.8) is 0 Å². The number of hydrogen-bond acceptors (Lipinski definition) is 6. The largest absolute Gasteiger partial charge is 0.496 e. The zero-order valence-corrected chi connectivity index (χ0v) is 15.3. The maximum Gasteiger partial charge on any atom is 0.275 e. The van der Waals surface area contributed by atoms with Gasteiger partial charge in [-0.05, 0) is 36.4 Å². The van der Waals surface area contributed by atoms with Gasteiger partial charge >= 0.3 is 0 Å². The highest BCUT2D eigenvalue weighted by molar-refractivity contribution is 7.13. The lowest BCUT2D eigenvalue weighted by Crippen LogP contribution is -2.20. The number of carbonyl (C=O) groups excluding carboxylic acids is 2. The molecule has 0 fully saturated rings. The first-order valence-corrected chi connectivity index (χ1v) is 8.86. The van der Waals surface area contributed by atoms with Crippen LogP contribution in [-0.2, 0) is 4.79 Å². The van der Waals surface area contributed by atoms with Crippen LogP contribution in [0.25, 0.3) is 10.6 Å². The number of ether oxygens (including phenoxy) is 2. The van der Waals surface area contributed by atoms with Crippen molar-refractivity contribution in [1.82, 2.24) is 4.98 Å². The van der Waals surface area contributed by atoms with Gasteiger partial charge in [0.15, 0.2) is 6.61 Å². The normalized spacial score (nSPS) is 10.3. The van der Waals surface area contributed by atoms with Gasteiger partial charge in [0.05, 0.1) is 12.7 Å². The molecule has 0 bridgehead atoms. The molecule has 0 unspecified atom stereocenters. The predicted octanol–water partition coefficient (Wildman–Crippen LogP) is 2.94. The number of benzene rings is 2. The average Bonchev–Trinajstić information content (AvgIpc) is 3.17. The zero-order chi connectivity index (χ0) is 19.2. The van der Waals surface area contributed by atoms with Gasteiger partial charge in [-0.15, -0.1) is 11.3 Å². The summed E-state index contributed by atoms with van der Waals surface area (Å²) >= 11 is 1.37. The minimum Gasteiger partial charge on any atom is -0.496 e. The Hall–Kier alpha value is -3.39. The number of nitrogens with two attached hydrogens (primary N) is 1. The second kappa shape index (κ2) is 8.33. The van der Waals surface area contributed by atoms with Gasteiger partial charge in [-0.2, -0.15) is 0 Å². The summed E-state index contributed by atoms with van der Waals surface area (Å²) in [6, 6.07) is 14.1. The summed E-state index contributed by atoms with van der Waals surface area (Å²) in [5.41, 5.74) is 6.76. The molecule has 7 nitrogen and oxygen atoms in total. The lowest BCUT2D eigenvalue weighted by Gasteiger charge is -2.06. The number of amides is 2. The van der Waals surface area contributed by atoms with E-state index in [1.807, 2.05) is 24.3 Å². The predicted molar refractivity (Wildman–Crippen MR) is 103 cm³/mol. The first-order chi connectivity index (χ1) is 13.1. The van der Waals surface area contributed by atoms with Crippen molar-refractivity contribution in [3.8, 4) is 22.1 Å². The lowest BCUT2D eigenvalue weighted by atomic mass is 10.2. The Bertz CT molecular complexity index is 954. The van der Waals surface area contributed by atoms with Crippen LogP contribution in [0.5, 0.6) is 11.5 Å². The molecule has 0 saturated carbocycles. The Labute approximate surface area is 159 Å². The Morgan fingerprint density at radius 2 is 1.89 bits per heavy atom. The first kappa shape index (κ1) is 18.4. The van der Waals surface area contributed by atoms with Crippen molar-refractivity contribution in [3.05, 3.63) is 59.6 Å². The monoisotopic (exact) mass is 383 g/mol. The minimum absolute atomic E-state index is 0.198. The van der Waals surface area contributed by atoms with Crippen molar-refractivity contribution in [2.24, 2.45) is 5.73 Å². The lowest BCUT2D eigenvalue weighted by molar-refractivity contribution is -0.119. The number of para-hydroxylation sites is 1. The smallest absolute Gasteiger partial charge is 0.275 e. The fraction of sp³-hybridized carbons (Fsp3) is 0.105. The second-order valence-electron chi connectivity index (χ2n) is 5.47. The van der Waals surface area contributed by atoms with E-state index in [9.17, 15) is 9.59 Å². The third-order valence-electron chi connectivity index (χ3n) is 3.57. The molecule has 0 radical (unpaired) electrons. The molecule has 2 amide bonds. The van der Waals surface area contributed by atoms with Crippen LogP contribution in [0.2, 0.25) is 0 Å². The zero-order valence-electron chi connectivity index (χ0n) is 14.5. The molecule has 0 aliphatic heterocycles. The van der Waals surface area contributed by atoms with Crippen molar-refractivity contribution < 1.29 is 19.1 Å². The van der Waals surface area contributed by atoms with E-state index in [0.717, 1.165) is 5.56 Å². The number of anilines is 1. The first-order valence-electron chi connectivity index (χ1n) is 7.98. The van der Waals surface area contributed by atoms with Gasteiger partial charge in [-0.25, -0.2) is 4.98 Å². The third-order valence-corrected chi connectivity index (χ3v) is 4.44. The molecule has 0 aliphatic rings. The summed E-state index contributed by atoms with van der Waals surface area (Å²) < 4.78 is 10.5. The summed E-state index contributed by atoms with van der Waals surface area (Å²) in [6.07, 6.45) is 0. The Morgan fingerprint density at radius 3 is 2.59 bits per heavy atom. The second-order valence-corrected chi connectivity index (χ2v) is 6.33. The van der Waals surface area contributed by atoms with Crippen LogP contribution in [0.1, 0.15) is 10.5 Å². The Morgan fingerprint density at radius 1 is 1.15 bits per heavy atom. The number of aromatic nitrogens is 1. The van der Waals surface area contributed by atoms with Crippen molar-refractivity contribution in [2.45, 2.75) is 0 Å². The van der Waals surface area contributed by atoms with Gasteiger partial charge in [0.25, 0.3) is 11.8 Å². The average molecular weight is 383 g/mol. The summed E-state index contributed by atoms with van der Waals surface area (Å²) in [7, 11) is 1.59. The molecule has 138 valence electrons. The van der Waals surface area contributed by atoms with E-state index >= 15 is 0 Å². The van der Waals surface area contributed by atoms with Gasteiger partial charge in [-0.1, -0.05) is 12.1 Å². The molecular weight excluding hydrogens is 366 g/mol. The van der Waals surface area contributed by atoms with E-state index in [1.54, 1.807) is 36.8 Å². The van der Waals surface area contributed by atoms with Crippen molar-refractivity contribution in [1.29, 1.82) is 0 Å². The molecular formula is C19H17N3O4S. The number of nitrogens with zero attached hydrogens (tertiary/aromatic N) is 1. The topological polar surface area (TPSA) is 104 Å². The third kappa shape index (κ3) is 4.62. The molecule has 3 N–H and O–H groups in total. The molecule has 0 aliphatic carbocycles. The standard InChI is InChI=1S/C19H17N3O4S/c1-25-16-5-3-2-4-14(16)19-22-15(11-27-19)18(24)21-12-6-8-13(9-7-12)26-10-17(20)23/h2-9,11H,10H2,1H3,(H2,20,23)(H,21,24). The highest BCUT2D eigenvalue weighted by Gasteiger charge is 2.14. The van der Waals surface area contributed by atoms with E-state index in [1.165, 1.54) is 11.3 Å². The molecule has 2 aromatic carbocycles. The number of rotatable bonds is 7. The van der Waals surface area contributed by atoms with Crippen LogP contribution in [0, 0.1) is 0 Å². The molecule has 0 spiro atoms. The maximum absolute atomic E-state index is 12.4. The molecule has 0 saturated heterocycles. The van der Waals surface area contributed by atoms with Gasteiger partial charge in [0, 0.05) is 11.1 Å². The summed E-state index contributed by atoms with van der Waals surface area (Å²) in [6.45, 7) is -0.198. The van der Waals surface area contributed by atoms with E-state index in [2.05, 4.69) is 10.3 Å². The van der Waals surface area contributed by atoms with Crippen LogP contribution in [0.3, 0.4) is 0 Å². The highest BCUT2D eigenvalue weighted by atomic mass is 32.1. The number of carbonyl (C=O) groups is 2. The van der Waals surface area contributed by atoms with E-state index in [4.69, 9.17) is 15.2 Å². The van der Waals surface area contributed by atoms with Gasteiger partial charge in [0.1, 0.15) is 22.2 Å². The number of thiazole rings is 1. The van der Waals surface area contributed by atoms with Gasteiger partial charge in [0.2, 0.25) is 0 Å². The minimum atomic E-state index is -0.554. The molecule has 8 heteroatoms. The molecule has 0 atom stereocenters. The quantitative estimate of drug-likeness (QED) is 0.653. The number of primary amides is 1. The Balaban J connectivity index is 1.68.